The van der Waals surface area contributed by atoms with Gasteiger partial charge in [0.15, 0.2) is 0 Å². The number of benzene rings is 1. The summed E-state index contributed by atoms with van der Waals surface area (Å²) in [4.78, 5) is 4.14. The van der Waals surface area contributed by atoms with Crippen molar-refractivity contribution in [1.82, 2.24) is 4.98 Å². The molecular formula is C13H6Cl4N2. The van der Waals surface area contributed by atoms with Crippen LogP contribution in [0.25, 0.3) is 11.1 Å². The van der Waals surface area contributed by atoms with Crippen molar-refractivity contribution in [1.29, 1.82) is 5.26 Å². The molecule has 0 radical (unpaired) electrons. The predicted molar refractivity (Wildman–Crippen MR) is 79.0 cm³/mol. The number of nitriles is 1. The number of pyridine rings is 1. The molecule has 0 saturated carbocycles. The van der Waals surface area contributed by atoms with Gasteiger partial charge in [0.1, 0.15) is 5.15 Å². The van der Waals surface area contributed by atoms with Crippen LogP contribution in [0.4, 0.5) is 0 Å². The lowest BCUT2D eigenvalue weighted by Crippen LogP contribution is -1.94. The smallest absolute Gasteiger partial charge is 0.129 e. The summed E-state index contributed by atoms with van der Waals surface area (Å²) in [6, 6.07) is 8.65. The molecule has 1 aromatic carbocycles. The first-order valence-electron chi connectivity index (χ1n) is 5.20. The van der Waals surface area contributed by atoms with E-state index in [2.05, 4.69) is 4.98 Å². The minimum atomic E-state index is 0.131. The Bertz CT molecular complexity index is 677. The van der Waals surface area contributed by atoms with E-state index >= 15 is 0 Å². The van der Waals surface area contributed by atoms with Gasteiger partial charge in [0, 0.05) is 11.1 Å². The quantitative estimate of drug-likeness (QED) is 0.543. The van der Waals surface area contributed by atoms with E-state index in [1.807, 2.05) is 6.07 Å². The molecule has 2 rings (SSSR count). The third-order valence-corrected chi connectivity index (χ3v) is 3.73. The third-order valence-electron chi connectivity index (χ3n) is 2.49. The number of aromatic nitrogens is 1. The molecule has 6 heteroatoms. The Morgan fingerprint density at radius 1 is 0.947 bits per heavy atom. The van der Waals surface area contributed by atoms with Crippen LogP contribution in [0, 0.1) is 11.3 Å². The van der Waals surface area contributed by atoms with Gasteiger partial charge in [-0.15, -0.1) is 0 Å². The summed E-state index contributed by atoms with van der Waals surface area (Å²) in [7, 11) is 0. The Hall–Kier alpha value is -0.980. The van der Waals surface area contributed by atoms with Gasteiger partial charge >= 0.3 is 0 Å². The highest BCUT2D eigenvalue weighted by atomic mass is 35.5. The molecule has 2 nitrogen and oxygen atoms in total. The molecule has 2 aromatic rings. The van der Waals surface area contributed by atoms with Crippen molar-refractivity contribution < 1.29 is 0 Å². The van der Waals surface area contributed by atoms with Crippen molar-refractivity contribution in [3.8, 4) is 17.2 Å². The molecule has 0 spiro atoms. The van der Waals surface area contributed by atoms with E-state index in [1.54, 1.807) is 24.3 Å². The van der Waals surface area contributed by atoms with E-state index in [0.717, 1.165) is 5.56 Å². The van der Waals surface area contributed by atoms with E-state index in [1.165, 1.54) is 0 Å². The number of rotatable bonds is 2. The predicted octanol–water partition coefficient (Wildman–Crippen LogP) is 5.43. The maximum Gasteiger partial charge on any atom is 0.129 e. The second kappa shape index (κ2) is 5.98. The average Bonchev–Trinajstić information content (AvgIpc) is 2.35. The number of hydrogen-bond acceptors (Lipinski definition) is 2. The highest BCUT2D eigenvalue weighted by molar-refractivity contribution is 6.44. The summed E-state index contributed by atoms with van der Waals surface area (Å²) in [5, 5.41) is 10.4. The van der Waals surface area contributed by atoms with Crippen LogP contribution in [0.1, 0.15) is 5.69 Å². The van der Waals surface area contributed by atoms with Gasteiger partial charge in [-0.3, -0.25) is 0 Å². The minimum absolute atomic E-state index is 0.131. The van der Waals surface area contributed by atoms with Crippen molar-refractivity contribution in [3.63, 3.8) is 0 Å². The lowest BCUT2D eigenvalue weighted by molar-refractivity contribution is 1.12. The molecule has 0 unspecified atom stereocenters. The molecular weight excluding hydrogens is 326 g/mol. The topological polar surface area (TPSA) is 36.7 Å². The van der Waals surface area contributed by atoms with E-state index in [0.29, 0.717) is 31.5 Å². The van der Waals surface area contributed by atoms with Crippen LogP contribution >= 0.6 is 46.4 Å². The van der Waals surface area contributed by atoms with Gasteiger partial charge in [0.25, 0.3) is 0 Å². The largest absolute Gasteiger partial charge is 0.239 e. The number of nitrogens with zero attached hydrogens (tertiary/aromatic N) is 2. The van der Waals surface area contributed by atoms with E-state index in [4.69, 9.17) is 51.7 Å². The first kappa shape index (κ1) is 14.4. The van der Waals surface area contributed by atoms with Gasteiger partial charge < -0.3 is 0 Å². The highest BCUT2D eigenvalue weighted by Gasteiger charge is 2.13. The summed E-state index contributed by atoms with van der Waals surface area (Å²) in [5.41, 5.74) is 1.94. The zero-order valence-corrected chi connectivity index (χ0v) is 12.4. The first-order valence-corrected chi connectivity index (χ1v) is 6.71. The van der Waals surface area contributed by atoms with Gasteiger partial charge in [-0.05, 0) is 24.3 Å². The Labute approximate surface area is 130 Å². The van der Waals surface area contributed by atoms with Crippen molar-refractivity contribution in [2.45, 2.75) is 6.42 Å². The van der Waals surface area contributed by atoms with Crippen molar-refractivity contribution in [2.24, 2.45) is 0 Å². The van der Waals surface area contributed by atoms with Crippen LogP contribution in [-0.2, 0) is 6.42 Å². The second-order valence-electron chi connectivity index (χ2n) is 3.71. The fourth-order valence-corrected chi connectivity index (χ4v) is 2.47. The number of hydrogen-bond donors (Lipinski definition) is 0. The molecule has 0 aliphatic carbocycles. The van der Waals surface area contributed by atoms with E-state index in [9.17, 15) is 0 Å². The van der Waals surface area contributed by atoms with Crippen LogP contribution in [-0.4, -0.2) is 4.98 Å². The molecule has 0 fully saturated rings. The minimum Gasteiger partial charge on any atom is -0.239 e. The molecule has 0 aliphatic rings. The molecule has 1 heterocycles. The zero-order chi connectivity index (χ0) is 14.0. The van der Waals surface area contributed by atoms with Gasteiger partial charge in [-0.2, -0.15) is 5.26 Å². The molecule has 0 bridgehead atoms. The van der Waals surface area contributed by atoms with Crippen LogP contribution < -0.4 is 0 Å². The first-order chi connectivity index (χ1) is 9.02. The Kier molecular flexibility index (Phi) is 4.54. The lowest BCUT2D eigenvalue weighted by atomic mass is 10.0. The van der Waals surface area contributed by atoms with Crippen molar-refractivity contribution in [2.75, 3.05) is 0 Å². The summed E-state index contributed by atoms with van der Waals surface area (Å²) >= 11 is 23.9. The molecule has 0 amide bonds. The maximum atomic E-state index is 8.84. The molecule has 0 aliphatic heterocycles. The highest BCUT2D eigenvalue weighted by Crippen LogP contribution is 2.36. The summed E-state index contributed by atoms with van der Waals surface area (Å²) in [6.07, 6.45) is 0.131. The normalized spacial score (nSPS) is 10.3. The average molecular weight is 332 g/mol. The van der Waals surface area contributed by atoms with Gasteiger partial charge in [0.2, 0.25) is 0 Å². The fourth-order valence-electron chi connectivity index (χ4n) is 1.66. The molecule has 19 heavy (non-hydrogen) atoms. The second-order valence-corrected chi connectivity index (χ2v) is 5.32. The monoisotopic (exact) mass is 330 g/mol. The van der Waals surface area contributed by atoms with Gasteiger partial charge in [-0.1, -0.05) is 46.4 Å². The van der Waals surface area contributed by atoms with E-state index < -0.39 is 0 Å². The molecule has 0 saturated heterocycles. The van der Waals surface area contributed by atoms with Crippen molar-refractivity contribution >= 4 is 46.4 Å². The zero-order valence-electron chi connectivity index (χ0n) is 9.42. The van der Waals surface area contributed by atoms with Gasteiger partial charge in [-0.25, -0.2) is 4.98 Å². The Morgan fingerprint density at radius 2 is 1.63 bits per heavy atom. The van der Waals surface area contributed by atoms with Crippen LogP contribution in [0.3, 0.4) is 0 Å². The molecule has 0 atom stereocenters. The summed E-state index contributed by atoms with van der Waals surface area (Å²) in [6.45, 7) is 0. The Morgan fingerprint density at radius 3 is 2.32 bits per heavy atom. The third kappa shape index (κ3) is 3.13. The maximum absolute atomic E-state index is 8.84. The lowest BCUT2D eigenvalue weighted by Gasteiger charge is -2.10. The SMILES string of the molecule is N#CCc1nc(Cl)ccc1-c1cc(Cl)c(Cl)cc1Cl. The van der Waals surface area contributed by atoms with Gasteiger partial charge in [0.05, 0.1) is 33.3 Å². The molecule has 96 valence electrons. The summed E-state index contributed by atoms with van der Waals surface area (Å²) < 4.78 is 0. The molecule has 0 N–H and O–H groups in total. The molecule has 1 aromatic heterocycles. The van der Waals surface area contributed by atoms with E-state index in [-0.39, 0.29) is 6.42 Å². The Balaban J connectivity index is 2.65. The summed E-state index contributed by atoms with van der Waals surface area (Å²) in [5.74, 6) is 0. The number of halogens is 4. The standard InChI is InChI=1S/C13H6Cl4N2/c14-9-6-11(16)10(15)5-8(9)7-1-2-13(17)19-12(7)3-4-18/h1-2,5-6H,3H2. The fraction of sp³-hybridized carbons (Fsp3) is 0.0769. The van der Waals surface area contributed by atoms with Crippen LogP contribution in [0.2, 0.25) is 20.2 Å². The van der Waals surface area contributed by atoms with Crippen LogP contribution in [0.5, 0.6) is 0 Å². The van der Waals surface area contributed by atoms with Crippen LogP contribution in [0.15, 0.2) is 24.3 Å². The van der Waals surface area contributed by atoms with Crippen molar-refractivity contribution in [3.05, 3.63) is 50.2 Å².